The quantitative estimate of drug-likeness (QED) is 0.493. The largest absolute Gasteiger partial charge is 0.481 e. The Morgan fingerprint density at radius 3 is 2.00 bits per heavy atom. The third-order valence-electron chi connectivity index (χ3n) is 7.56. The third kappa shape index (κ3) is 5.88. The minimum atomic E-state index is -0.680. The molecule has 5 rings (SSSR count). The van der Waals surface area contributed by atoms with Gasteiger partial charge in [-0.2, -0.15) is 0 Å². The van der Waals surface area contributed by atoms with Crippen molar-refractivity contribution in [1.82, 2.24) is 15.1 Å². The van der Waals surface area contributed by atoms with E-state index < -0.39 is 5.97 Å². The Balaban J connectivity index is 0.000000556. The van der Waals surface area contributed by atoms with Gasteiger partial charge in [0, 0.05) is 25.7 Å². The first-order chi connectivity index (χ1) is 17.5. The standard InChI is InChI=1S/C26H28N2O3.C4H11N/c29-25(24-22-9-3-1-6-18(22)16-19-7-2-4-10-23(19)24)27-14-11-21(12-15-27)28-13-5-8-20(17-28)26(30)31;1-3-5-4-2/h1-4,6-7,9-10,16,20-21H,5,8,11-15,17H2,(H,30,31);5H,3-4H2,1-2H3. The Morgan fingerprint density at radius 1 is 0.889 bits per heavy atom. The molecule has 1 amide bonds. The highest BCUT2D eigenvalue weighted by atomic mass is 16.4. The number of amides is 1. The van der Waals surface area contributed by atoms with E-state index in [0.29, 0.717) is 12.6 Å². The minimum Gasteiger partial charge on any atom is -0.481 e. The highest BCUT2D eigenvalue weighted by molar-refractivity contribution is 6.18. The Kier molecular flexibility index (Phi) is 8.94. The van der Waals surface area contributed by atoms with Crippen molar-refractivity contribution in [3.8, 4) is 0 Å². The summed E-state index contributed by atoms with van der Waals surface area (Å²) in [5.41, 5.74) is 0.802. The Morgan fingerprint density at radius 2 is 1.47 bits per heavy atom. The summed E-state index contributed by atoms with van der Waals surface area (Å²) < 4.78 is 0. The van der Waals surface area contributed by atoms with Crippen LogP contribution in [0.25, 0.3) is 21.5 Å². The number of nitrogens with zero attached hydrogens (tertiary/aromatic N) is 2. The average molecular weight is 490 g/mol. The summed E-state index contributed by atoms with van der Waals surface area (Å²) >= 11 is 0. The van der Waals surface area contributed by atoms with Crippen LogP contribution in [0.5, 0.6) is 0 Å². The summed E-state index contributed by atoms with van der Waals surface area (Å²) in [6.45, 7) is 9.43. The topological polar surface area (TPSA) is 72.9 Å². The molecule has 0 aliphatic carbocycles. The maximum Gasteiger partial charge on any atom is 0.307 e. The second-order valence-corrected chi connectivity index (χ2v) is 9.85. The molecule has 36 heavy (non-hydrogen) atoms. The SMILES string of the molecule is CCNCC.O=C(O)C1CCCN(C2CCN(C(=O)c3c4ccccc4cc4ccccc34)CC2)C1. The van der Waals surface area contributed by atoms with E-state index in [1.165, 1.54) is 0 Å². The van der Waals surface area contributed by atoms with Gasteiger partial charge < -0.3 is 15.3 Å². The molecule has 3 aromatic carbocycles. The van der Waals surface area contributed by atoms with Gasteiger partial charge in [-0.1, -0.05) is 62.4 Å². The van der Waals surface area contributed by atoms with Crippen LogP contribution in [0.15, 0.2) is 54.6 Å². The number of carboxylic acid groups (broad SMARTS) is 1. The van der Waals surface area contributed by atoms with Crippen molar-refractivity contribution in [2.45, 2.75) is 45.6 Å². The number of hydrogen-bond acceptors (Lipinski definition) is 4. The second kappa shape index (κ2) is 12.3. The molecule has 2 aliphatic heterocycles. The molecule has 1 unspecified atom stereocenters. The lowest BCUT2D eigenvalue weighted by atomic mass is 9.93. The van der Waals surface area contributed by atoms with Gasteiger partial charge in [0.25, 0.3) is 5.91 Å². The predicted molar refractivity (Wildman–Crippen MR) is 147 cm³/mol. The Labute approximate surface area is 214 Å². The van der Waals surface area contributed by atoms with Crippen molar-refractivity contribution in [1.29, 1.82) is 0 Å². The van der Waals surface area contributed by atoms with Gasteiger partial charge in [-0.25, -0.2) is 0 Å². The molecule has 0 aromatic heterocycles. The number of carboxylic acids is 1. The lowest BCUT2D eigenvalue weighted by Gasteiger charge is -2.41. The lowest BCUT2D eigenvalue weighted by Crippen LogP contribution is -2.50. The second-order valence-electron chi connectivity index (χ2n) is 9.85. The molecule has 192 valence electrons. The van der Waals surface area contributed by atoms with E-state index >= 15 is 0 Å². The van der Waals surface area contributed by atoms with Crippen LogP contribution in [0.2, 0.25) is 0 Å². The molecule has 2 aliphatic rings. The van der Waals surface area contributed by atoms with Crippen molar-refractivity contribution in [3.05, 3.63) is 60.2 Å². The molecular weight excluding hydrogens is 450 g/mol. The van der Waals surface area contributed by atoms with Crippen LogP contribution < -0.4 is 5.32 Å². The Bertz CT molecular complexity index is 1130. The molecule has 2 N–H and O–H groups in total. The van der Waals surface area contributed by atoms with E-state index in [4.69, 9.17) is 0 Å². The van der Waals surface area contributed by atoms with Gasteiger partial charge in [0.05, 0.1) is 11.5 Å². The molecule has 6 nitrogen and oxygen atoms in total. The fraction of sp³-hybridized carbons (Fsp3) is 0.467. The highest BCUT2D eigenvalue weighted by Crippen LogP contribution is 2.31. The van der Waals surface area contributed by atoms with E-state index in [1.54, 1.807) is 0 Å². The molecule has 2 fully saturated rings. The molecule has 0 bridgehead atoms. The van der Waals surface area contributed by atoms with Crippen molar-refractivity contribution < 1.29 is 14.7 Å². The number of hydrogen-bond donors (Lipinski definition) is 2. The van der Waals surface area contributed by atoms with Crippen LogP contribution in [-0.2, 0) is 4.79 Å². The van der Waals surface area contributed by atoms with Gasteiger partial charge in [0.15, 0.2) is 0 Å². The zero-order valence-corrected chi connectivity index (χ0v) is 21.6. The summed E-state index contributed by atoms with van der Waals surface area (Å²) in [5, 5.41) is 16.7. The first-order valence-electron chi connectivity index (χ1n) is 13.4. The zero-order valence-electron chi connectivity index (χ0n) is 21.6. The number of likely N-dealkylation sites (tertiary alicyclic amines) is 2. The molecular formula is C30H39N3O3. The van der Waals surface area contributed by atoms with E-state index in [9.17, 15) is 14.7 Å². The van der Waals surface area contributed by atoms with E-state index in [0.717, 1.165) is 85.5 Å². The number of nitrogens with one attached hydrogen (secondary N) is 1. The normalized spacial score (nSPS) is 19.2. The average Bonchev–Trinajstić information content (AvgIpc) is 2.92. The number of aliphatic carboxylic acids is 1. The van der Waals surface area contributed by atoms with Gasteiger partial charge in [0.2, 0.25) is 0 Å². The van der Waals surface area contributed by atoms with Crippen molar-refractivity contribution in [2.75, 3.05) is 39.3 Å². The van der Waals surface area contributed by atoms with Gasteiger partial charge in [-0.05, 0) is 72.9 Å². The van der Waals surface area contributed by atoms with Crippen LogP contribution in [0.1, 0.15) is 49.9 Å². The van der Waals surface area contributed by atoms with Crippen LogP contribution in [-0.4, -0.2) is 72.1 Å². The van der Waals surface area contributed by atoms with E-state index in [1.807, 2.05) is 41.3 Å². The molecule has 1 atom stereocenters. The van der Waals surface area contributed by atoms with Crippen LogP contribution >= 0.6 is 0 Å². The van der Waals surface area contributed by atoms with Crippen molar-refractivity contribution in [2.24, 2.45) is 5.92 Å². The fourth-order valence-corrected chi connectivity index (χ4v) is 5.63. The van der Waals surface area contributed by atoms with Gasteiger partial charge in [0.1, 0.15) is 0 Å². The van der Waals surface area contributed by atoms with Gasteiger partial charge in [-0.15, -0.1) is 0 Å². The smallest absolute Gasteiger partial charge is 0.307 e. The number of rotatable bonds is 5. The number of carbonyl (C=O) groups excluding carboxylic acids is 1. The Hall–Kier alpha value is -2.96. The van der Waals surface area contributed by atoms with Crippen molar-refractivity contribution >= 4 is 33.4 Å². The molecule has 2 heterocycles. The molecule has 3 aromatic rings. The number of benzene rings is 3. The highest BCUT2D eigenvalue weighted by Gasteiger charge is 2.33. The molecule has 0 spiro atoms. The minimum absolute atomic E-state index is 0.105. The molecule has 2 saturated heterocycles. The van der Waals surface area contributed by atoms with Crippen molar-refractivity contribution in [3.63, 3.8) is 0 Å². The lowest BCUT2D eigenvalue weighted by molar-refractivity contribution is -0.144. The van der Waals surface area contributed by atoms with Crippen LogP contribution in [0.4, 0.5) is 0 Å². The first-order valence-corrected chi connectivity index (χ1v) is 13.4. The van der Waals surface area contributed by atoms with Crippen LogP contribution in [0.3, 0.4) is 0 Å². The number of piperidine rings is 2. The maximum atomic E-state index is 13.7. The monoisotopic (exact) mass is 489 g/mol. The maximum absolute atomic E-state index is 13.7. The summed E-state index contributed by atoms with van der Waals surface area (Å²) in [5.74, 6) is -0.830. The van der Waals surface area contributed by atoms with E-state index in [-0.39, 0.29) is 11.8 Å². The van der Waals surface area contributed by atoms with Crippen LogP contribution in [0, 0.1) is 5.92 Å². The summed E-state index contributed by atoms with van der Waals surface area (Å²) in [6, 6.07) is 18.8. The molecule has 0 radical (unpaired) electrons. The number of carbonyl (C=O) groups is 2. The summed E-state index contributed by atoms with van der Waals surface area (Å²) in [6.07, 6.45) is 3.52. The predicted octanol–water partition coefficient (Wildman–Crippen LogP) is 5.01. The molecule has 0 saturated carbocycles. The zero-order chi connectivity index (χ0) is 25.5. The fourth-order valence-electron chi connectivity index (χ4n) is 5.63. The number of fused-ring (bicyclic) bond motifs is 2. The van der Waals surface area contributed by atoms with E-state index in [2.05, 4.69) is 42.3 Å². The molecule has 6 heteroatoms. The first kappa shape index (κ1) is 26.1. The summed E-state index contributed by atoms with van der Waals surface area (Å²) in [7, 11) is 0. The van der Waals surface area contributed by atoms with Gasteiger partial charge >= 0.3 is 5.97 Å². The third-order valence-corrected chi connectivity index (χ3v) is 7.56. The summed E-state index contributed by atoms with van der Waals surface area (Å²) in [4.78, 5) is 29.4. The van der Waals surface area contributed by atoms with Gasteiger partial charge in [-0.3, -0.25) is 14.5 Å².